The molecule has 0 amide bonds. The van der Waals surface area contributed by atoms with Crippen molar-refractivity contribution in [3.63, 3.8) is 0 Å². The SMILES string of the molecule is CCOC(=O)c1cnc2nc(C)ccc2c1Nc1ccc(I)cn1. The molecule has 7 heteroatoms. The van der Waals surface area contributed by atoms with Crippen LogP contribution in [0.15, 0.2) is 36.7 Å². The van der Waals surface area contributed by atoms with Crippen molar-refractivity contribution >= 4 is 51.1 Å². The molecule has 3 aromatic heterocycles. The van der Waals surface area contributed by atoms with E-state index in [1.807, 2.05) is 31.2 Å². The van der Waals surface area contributed by atoms with Crippen LogP contribution in [0.5, 0.6) is 0 Å². The average molecular weight is 434 g/mol. The monoisotopic (exact) mass is 434 g/mol. The molecule has 0 aliphatic rings. The van der Waals surface area contributed by atoms with Crippen molar-refractivity contribution in [2.45, 2.75) is 13.8 Å². The van der Waals surface area contributed by atoms with E-state index in [0.29, 0.717) is 29.3 Å². The minimum atomic E-state index is -0.430. The van der Waals surface area contributed by atoms with Gasteiger partial charge in [0.15, 0.2) is 5.65 Å². The van der Waals surface area contributed by atoms with Crippen molar-refractivity contribution in [1.82, 2.24) is 15.0 Å². The zero-order chi connectivity index (χ0) is 17.1. The first-order chi connectivity index (χ1) is 11.6. The summed E-state index contributed by atoms with van der Waals surface area (Å²) < 4.78 is 6.17. The summed E-state index contributed by atoms with van der Waals surface area (Å²) in [4.78, 5) is 25.3. The molecule has 0 bridgehead atoms. The van der Waals surface area contributed by atoms with Crippen LogP contribution in [0.25, 0.3) is 11.0 Å². The van der Waals surface area contributed by atoms with Crippen LogP contribution in [0.1, 0.15) is 23.0 Å². The Kier molecular flexibility index (Phi) is 4.89. The van der Waals surface area contributed by atoms with Gasteiger partial charge in [0.05, 0.1) is 12.3 Å². The van der Waals surface area contributed by atoms with Gasteiger partial charge in [0.25, 0.3) is 0 Å². The first kappa shape index (κ1) is 16.6. The number of anilines is 2. The first-order valence-electron chi connectivity index (χ1n) is 7.40. The molecule has 0 aromatic carbocycles. The largest absolute Gasteiger partial charge is 0.462 e. The maximum Gasteiger partial charge on any atom is 0.341 e. The Morgan fingerprint density at radius 3 is 2.75 bits per heavy atom. The highest BCUT2D eigenvalue weighted by Gasteiger charge is 2.18. The maximum absolute atomic E-state index is 12.3. The number of aryl methyl sites for hydroxylation is 1. The lowest BCUT2D eigenvalue weighted by Crippen LogP contribution is -2.10. The molecule has 6 nitrogen and oxygen atoms in total. The highest BCUT2D eigenvalue weighted by Crippen LogP contribution is 2.28. The van der Waals surface area contributed by atoms with Crippen molar-refractivity contribution in [1.29, 1.82) is 0 Å². The fourth-order valence-corrected chi connectivity index (χ4v) is 2.57. The fraction of sp³-hybridized carbons (Fsp3) is 0.176. The van der Waals surface area contributed by atoms with Gasteiger partial charge in [-0.25, -0.2) is 19.7 Å². The van der Waals surface area contributed by atoms with Gasteiger partial charge in [-0.1, -0.05) is 0 Å². The predicted octanol–water partition coefficient (Wildman–Crippen LogP) is 3.86. The lowest BCUT2D eigenvalue weighted by molar-refractivity contribution is 0.0527. The third-order valence-corrected chi connectivity index (χ3v) is 3.98. The van der Waals surface area contributed by atoms with Crippen LogP contribution in [0, 0.1) is 10.5 Å². The highest BCUT2D eigenvalue weighted by atomic mass is 127. The zero-order valence-electron chi connectivity index (χ0n) is 13.2. The number of ether oxygens (including phenoxy) is 1. The van der Waals surface area contributed by atoms with E-state index in [4.69, 9.17) is 4.74 Å². The molecule has 0 spiro atoms. The van der Waals surface area contributed by atoms with E-state index < -0.39 is 5.97 Å². The number of nitrogens with one attached hydrogen (secondary N) is 1. The molecule has 0 fully saturated rings. The van der Waals surface area contributed by atoms with Gasteiger partial charge < -0.3 is 10.1 Å². The third kappa shape index (κ3) is 3.45. The van der Waals surface area contributed by atoms with E-state index in [1.54, 1.807) is 13.1 Å². The molecule has 1 N–H and O–H groups in total. The molecular weight excluding hydrogens is 419 g/mol. The summed E-state index contributed by atoms with van der Waals surface area (Å²) >= 11 is 2.19. The summed E-state index contributed by atoms with van der Waals surface area (Å²) in [6.45, 7) is 3.96. The van der Waals surface area contributed by atoms with Crippen LogP contribution in [0.3, 0.4) is 0 Å². The Labute approximate surface area is 152 Å². The van der Waals surface area contributed by atoms with Crippen LogP contribution in [-0.4, -0.2) is 27.5 Å². The molecule has 0 saturated heterocycles. The smallest absolute Gasteiger partial charge is 0.341 e. The number of hydrogen-bond donors (Lipinski definition) is 1. The van der Waals surface area contributed by atoms with Gasteiger partial charge in [-0.15, -0.1) is 0 Å². The molecular formula is C17H15IN4O2. The maximum atomic E-state index is 12.3. The van der Waals surface area contributed by atoms with Crippen LogP contribution in [0.2, 0.25) is 0 Å². The number of pyridine rings is 3. The van der Waals surface area contributed by atoms with E-state index in [2.05, 4.69) is 42.9 Å². The van der Waals surface area contributed by atoms with E-state index >= 15 is 0 Å². The second kappa shape index (κ2) is 7.08. The van der Waals surface area contributed by atoms with E-state index in [1.165, 1.54) is 6.20 Å². The van der Waals surface area contributed by atoms with Gasteiger partial charge in [0.2, 0.25) is 0 Å². The summed E-state index contributed by atoms with van der Waals surface area (Å²) in [5.74, 6) is 0.203. The highest BCUT2D eigenvalue weighted by molar-refractivity contribution is 14.1. The normalized spacial score (nSPS) is 10.6. The van der Waals surface area contributed by atoms with E-state index in [9.17, 15) is 4.79 Å². The van der Waals surface area contributed by atoms with Crippen molar-refractivity contribution in [3.8, 4) is 0 Å². The number of hydrogen-bond acceptors (Lipinski definition) is 6. The quantitative estimate of drug-likeness (QED) is 0.497. The van der Waals surface area contributed by atoms with Crippen LogP contribution in [-0.2, 0) is 4.74 Å². The Bertz CT molecular complexity index is 897. The van der Waals surface area contributed by atoms with Crippen molar-refractivity contribution in [2.75, 3.05) is 11.9 Å². The van der Waals surface area contributed by atoms with Crippen LogP contribution >= 0.6 is 22.6 Å². The zero-order valence-corrected chi connectivity index (χ0v) is 15.4. The lowest BCUT2D eigenvalue weighted by Gasteiger charge is -2.13. The molecule has 3 rings (SSSR count). The topological polar surface area (TPSA) is 77.0 Å². The number of aromatic nitrogens is 3. The van der Waals surface area contributed by atoms with Crippen LogP contribution < -0.4 is 5.32 Å². The summed E-state index contributed by atoms with van der Waals surface area (Å²) in [6.07, 6.45) is 3.24. The number of rotatable bonds is 4. The van der Waals surface area contributed by atoms with Crippen molar-refractivity contribution < 1.29 is 9.53 Å². The number of carbonyl (C=O) groups is 1. The minimum absolute atomic E-state index is 0.296. The van der Waals surface area contributed by atoms with Gasteiger partial charge in [0, 0.05) is 27.0 Å². The number of carbonyl (C=O) groups excluding carboxylic acids is 1. The number of halogens is 1. The van der Waals surface area contributed by atoms with Gasteiger partial charge >= 0.3 is 5.97 Å². The van der Waals surface area contributed by atoms with Gasteiger partial charge in [-0.05, 0) is 60.7 Å². The Morgan fingerprint density at radius 2 is 2.04 bits per heavy atom. The molecule has 0 radical (unpaired) electrons. The molecule has 122 valence electrons. The Balaban J connectivity index is 2.14. The fourth-order valence-electron chi connectivity index (χ4n) is 2.25. The minimum Gasteiger partial charge on any atom is -0.462 e. The number of esters is 1. The molecule has 0 unspecified atom stereocenters. The lowest BCUT2D eigenvalue weighted by atomic mass is 10.1. The van der Waals surface area contributed by atoms with E-state index in [-0.39, 0.29) is 0 Å². The van der Waals surface area contributed by atoms with Gasteiger partial charge in [0.1, 0.15) is 11.4 Å². The third-order valence-electron chi connectivity index (χ3n) is 3.34. The average Bonchev–Trinajstić information content (AvgIpc) is 2.57. The van der Waals surface area contributed by atoms with E-state index in [0.717, 1.165) is 14.7 Å². The Morgan fingerprint density at radius 1 is 1.21 bits per heavy atom. The number of nitrogens with zero attached hydrogens (tertiary/aromatic N) is 3. The molecule has 24 heavy (non-hydrogen) atoms. The van der Waals surface area contributed by atoms with Crippen molar-refractivity contribution in [3.05, 3.63) is 51.5 Å². The molecule has 0 atom stereocenters. The predicted molar refractivity (Wildman–Crippen MR) is 100 cm³/mol. The standard InChI is InChI=1S/C17H15IN4O2/c1-3-24-17(23)13-9-20-16-12(6-4-10(2)21-16)15(13)22-14-7-5-11(18)8-19-14/h4-9H,3H2,1-2H3,(H,19,20,21,22). The van der Waals surface area contributed by atoms with Crippen LogP contribution in [0.4, 0.5) is 11.5 Å². The molecule has 0 aliphatic carbocycles. The molecule has 0 saturated carbocycles. The summed E-state index contributed by atoms with van der Waals surface area (Å²) in [5.41, 5.74) is 2.38. The van der Waals surface area contributed by atoms with Crippen molar-refractivity contribution in [2.24, 2.45) is 0 Å². The summed E-state index contributed by atoms with van der Waals surface area (Å²) in [5, 5.41) is 3.95. The first-order valence-corrected chi connectivity index (χ1v) is 8.48. The summed E-state index contributed by atoms with van der Waals surface area (Å²) in [6, 6.07) is 7.56. The second-order valence-electron chi connectivity index (χ2n) is 5.08. The molecule has 3 aromatic rings. The summed E-state index contributed by atoms with van der Waals surface area (Å²) in [7, 11) is 0. The molecule has 0 aliphatic heterocycles. The number of fused-ring (bicyclic) bond motifs is 1. The molecule has 3 heterocycles. The van der Waals surface area contributed by atoms with Gasteiger partial charge in [-0.2, -0.15) is 0 Å². The second-order valence-corrected chi connectivity index (χ2v) is 6.32. The van der Waals surface area contributed by atoms with Gasteiger partial charge in [-0.3, -0.25) is 0 Å². The Hall–Kier alpha value is -2.29.